The molecule has 8 heteroatoms. The second-order valence-corrected chi connectivity index (χ2v) is 7.11. The van der Waals surface area contributed by atoms with Crippen molar-refractivity contribution in [3.8, 4) is 11.3 Å². The van der Waals surface area contributed by atoms with Crippen molar-refractivity contribution in [1.29, 1.82) is 0 Å². The van der Waals surface area contributed by atoms with Crippen LogP contribution in [0.25, 0.3) is 11.3 Å². The van der Waals surface area contributed by atoms with Gasteiger partial charge in [0.1, 0.15) is 6.54 Å². The number of hydrogen-bond acceptors (Lipinski definition) is 4. The van der Waals surface area contributed by atoms with E-state index in [0.717, 1.165) is 49.0 Å². The number of rotatable bonds is 8. The minimum absolute atomic E-state index is 0. The lowest BCUT2D eigenvalue weighted by molar-refractivity contribution is 0.508. The molecular weight excluding hydrogens is 491 g/mol. The number of halogens is 1. The lowest BCUT2D eigenvalue weighted by atomic mass is 10.1. The van der Waals surface area contributed by atoms with Crippen LogP contribution in [-0.4, -0.2) is 33.8 Å². The van der Waals surface area contributed by atoms with Crippen LogP contribution in [0.4, 0.5) is 0 Å². The Hall–Kier alpha value is -2.36. The van der Waals surface area contributed by atoms with Gasteiger partial charge in [-0.15, -0.1) is 24.0 Å². The number of guanidine groups is 1. The fraction of sp³-hybridized carbons (Fsp3) is 0.409. The maximum Gasteiger partial charge on any atom is 0.216 e. The fourth-order valence-electron chi connectivity index (χ4n) is 3.06. The first-order valence-corrected chi connectivity index (χ1v) is 10.1. The topological polar surface area (TPSA) is 80.3 Å². The van der Waals surface area contributed by atoms with Crippen molar-refractivity contribution in [2.45, 2.75) is 47.2 Å². The van der Waals surface area contributed by atoms with E-state index in [-0.39, 0.29) is 24.0 Å². The highest BCUT2D eigenvalue weighted by Gasteiger charge is 2.07. The van der Waals surface area contributed by atoms with Crippen molar-refractivity contribution < 1.29 is 4.42 Å². The third kappa shape index (κ3) is 6.86. The number of hydrogen-bond donors (Lipinski definition) is 2. The Kier molecular flexibility index (Phi) is 9.35. The molecule has 1 aromatic carbocycles. The van der Waals surface area contributed by atoms with E-state index in [9.17, 15) is 0 Å². The molecule has 0 saturated heterocycles. The summed E-state index contributed by atoms with van der Waals surface area (Å²) in [6.07, 6.45) is 2.72. The van der Waals surface area contributed by atoms with Crippen LogP contribution in [0.15, 0.2) is 45.9 Å². The Morgan fingerprint density at radius 3 is 2.57 bits per heavy atom. The van der Waals surface area contributed by atoms with Crippen LogP contribution in [0.1, 0.15) is 36.2 Å². The maximum atomic E-state index is 5.85. The summed E-state index contributed by atoms with van der Waals surface area (Å²) in [6.45, 7) is 11.1. The number of aryl methyl sites for hydroxylation is 4. The summed E-state index contributed by atoms with van der Waals surface area (Å²) in [5.74, 6) is 2.12. The van der Waals surface area contributed by atoms with E-state index in [2.05, 4.69) is 57.8 Å². The third-order valence-corrected chi connectivity index (χ3v) is 4.55. The van der Waals surface area contributed by atoms with Gasteiger partial charge in [0, 0.05) is 30.9 Å². The van der Waals surface area contributed by atoms with Gasteiger partial charge in [-0.2, -0.15) is 5.10 Å². The third-order valence-electron chi connectivity index (χ3n) is 4.55. The quantitative estimate of drug-likeness (QED) is 0.200. The molecule has 0 spiro atoms. The minimum atomic E-state index is 0. The van der Waals surface area contributed by atoms with Crippen molar-refractivity contribution in [2.24, 2.45) is 4.99 Å². The zero-order valence-corrected chi connectivity index (χ0v) is 20.4. The largest absolute Gasteiger partial charge is 0.439 e. The van der Waals surface area contributed by atoms with Crippen LogP contribution >= 0.6 is 24.0 Å². The van der Waals surface area contributed by atoms with Gasteiger partial charge in [-0.25, -0.2) is 9.98 Å². The van der Waals surface area contributed by atoms with Gasteiger partial charge in [0.2, 0.25) is 5.89 Å². The highest BCUT2D eigenvalue weighted by atomic mass is 127. The number of nitrogens with one attached hydrogen (secondary N) is 2. The molecule has 2 heterocycles. The van der Waals surface area contributed by atoms with E-state index >= 15 is 0 Å². The molecular formula is C22H31IN6O. The van der Waals surface area contributed by atoms with Crippen LogP contribution in [-0.2, 0) is 13.1 Å². The molecule has 30 heavy (non-hydrogen) atoms. The van der Waals surface area contributed by atoms with Crippen LogP contribution in [0.2, 0.25) is 0 Å². The van der Waals surface area contributed by atoms with E-state index in [1.54, 1.807) is 6.20 Å². The Bertz CT molecular complexity index is 945. The Labute approximate surface area is 195 Å². The first-order valence-electron chi connectivity index (χ1n) is 10.1. The van der Waals surface area contributed by atoms with Crippen molar-refractivity contribution in [3.63, 3.8) is 0 Å². The molecule has 0 unspecified atom stereocenters. The SMILES string of the molecule is CCNC(=NCc1ncc(-c2ccc(C)cc2)o1)NCCCn1nc(C)cc1C.I. The molecule has 0 saturated carbocycles. The normalized spacial score (nSPS) is 11.3. The summed E-state index contributed by atoms with van der Waals surface area (Å²) in [5, 5.41) is 11.1. The number of aliphatic imine (C=N–C) groups is 1. The van der Waals surface area contributed by atoms with Gasteiger partial charge in [-0.3, -0.25) is 4.68 Å². The molecule has 162 valence electrons. The molecule has 2 aromatic heterocycles. The molecule has 2 N–H and O–H groups in total. The predicted molar refractivity (Wildman–Crippen MR) is 131 cm³/mol. The van der Waals surface area contributed by atoms with E-state index in [0.29, 0.717) is 12.4 Å². The second-order valence-electron chi connectivity index (χ2n) is 7.11. The lowest BCUT2D eigenvalue weighted by Gasteiger charge is -2.11. The van der Waals surface area contributed by atoms with Crippen molar-refractivity contribution >= 4 is 29.9 Å². The number of nitrogens with zero attached hydrogens (tertiary/aromatic N) is 4. The molecule has 0 radical (unpaired) electrons. The van der Waals surface area contributed by atoms with Crippen LogP contribution in [0, 0.1) is 20.8 Å². The Morgan fingerprint density at radius 1 is 1.13 bits per heavy atom. The summed E-state index contributed by atoms with van der Waals surface area (Å²) < 4.78 is 7.89. The summed E-state index contributed by atoms with van der Waals surface area (Å²) in [6, 6.07) is 10.3. The first-order chi connectivity index (χ1) is 14.0. The van der Waals surface area contributed by atoms with Gasteiger partial charge in [0.05, 0.1) is 11.9 Å². The number of benzene rings is 1. The number of aromatic nitrogens is 3. The van der Waals surface area contributed by atoms with Crippen LogP contribution in [0.3, 0.4) is 0 Å². The van der Waals surface area contributed by atoms with Gasteiger partial charge in [-0.05, 0) is 40.2 Å². The molecule has 3 aromatic rings. The fourth-order valence-corrected chi connectivity index (χ4v) is 3.06. The molecule has 0 fully saturated rings. The summed E-state index contributed by atoms with van der Waals surface area (Å²) in [5.41, 5.74) is 4.49. The van der Waals surface area contributed by atoms with Gasteiger partial charge in [0.25, 0.3) is 0 Å². The molecule has 0 bridgehead atoms. The maximum absolute atomic E-state index is 5.85. The molecule has 0 amide bonds. The van der Waals surface area contributed by atoms with Crippen molar-refractivity contribution in [2.75, 3.05) is 13.1 Å². The minimum Gasteiger partial charge on any atom is -0.439 e. The second kappa shape index (κ2) is 11.7. The highest BCUT2D eigenvalue weighted by Crippen LogP contribution is 2.20. The smallest absolute Gasteiger partial charge is 0.216 e. The predicted octanol–water partition coefficient (Wildman–Crippen LogP) is 4.23. The summed E-state index contributed by atoms with van der Waals surface area (Å²) >= 11 is 0. The van der Waals surface area contributed by atoms with Gasteiger partial charge in [0.15, 0.2) is 11.7 Å². The molecule has 0 aliphatic heterocycles. The van der Waals surface area contributed by atoms with E-state index in [4.69, 9.17) is 4.42 Å². The zero-order valence-electron chi connectivity index (χ0n) is 18.1. The molecule has 0 aliphatic rings. The Balaban J connectivity index is 0.00000320. The van der Waals surface area contributed by atoms with E-state index in [1.165, 1.54) is 11.3 Å². The average Bonchev–Trinajstić information content (AvgIpc) is 3.30. The molecule has 0 atom stereocenters. The van der Waals surface area contributed by atoms with Crippen LogP contribution < -0.4 is 10.6 Å². The molecule has 0 aliphatic carbocycles. The molecule has 3 rings (SSSR count). The van der Waals surface area contributed by atoms with Crippen molar-refractivity contribution in [3.05, 3.63) is 59.4 Å². The standard InChI is InChI=1S/C22H30N6O.HI/c1-5-23-22(24-11-6-12-28-18(4)13-17(3)27-28)26-15-21-25-14-20(29-21)19-9-7-16(2)8-10-19;/h7-10,13-14H,5-6,11-12,15H2,1-4H3,(H2,23,24,26);1H. The van der Waals surface area contributed by atoms with E-state index in [1.807, 2.05) is 30.7 Å². The van der Waals surface area contributed by atoms with Crippen molar-refractivity contribution in [1.82, 2.24) is 25.4 Å². The lowest BCUT2D eigenvalue weighted by Crippen LogP contribution is -2.38. The Morgan fingerprint density at radius 2 is 1.90 bits per heavy atom. The van der Waals surface area contributed by atoms with Gasteiger partial charge < -0.3 is 15.1 Å². The molecule has 7 nitrogen and oxygen atoms in total. The summed E-state index contributed by atoms with van der Waals surface area (Å²) in [7, 11) is 0. The summed E-state index contributed by atoms with van der Waals surface area (Å²) in [4.78, 5) is 8.94. The monoisotopic (exact) mass is 522 g/mol. The number of oxazole rings is 1. The zero-order chi connectivity index (χ0) is 20.6. The van der Waals surface area contributed by atoms with Crippen LogP contribution in [0.5, 0.6) is 0 Å². The highest BCUT2D eigenvalue weighted by molar-refractivity contribution is 14.0. The van der Waals surface area contributed by atoms with Gasteiger partial charge in [-0.1, -0.05) is 29.8 Å². The van der Waals surface area contributed by atoms with E-state index < -0.39 is 0 Å². The first kappa shape index (κ1) is 23.9. The van der Waals surface area contributed by atoms with Gasteiger partial charge >= 0.3 is 0 Å². The average molecular weight is 522 g/mol.